The van der Waals surface area contributed by atoms with Gasteiger partial charge >= 0.3 is 0 Å². The van der Waals surface area contributed by atoms with Gasteiger partial charge in [0, 0.05) is 25.6 Å². The molecular weight excluding hydrogens is 243 g/mol. The highest BCUT2D eigenvalue weighted by Crippen LogP contribution is 2.41. The van der Waals surface area contributed by atoms with E-state index in [-0.39, 0.29) is 11.7 Å². The van der Waals surface area contributed by atoms with Crippen LogP contribution in [0.5, 0.6) is 0 Å². The van der Waals surface area contributed by atoms with Crippen molar-refractivity contribution in [3.05, 3.63) is 46.9 Å². The second kappa shape index (κ2) is 4.68. The normalized spacial score (nSPS) is 18.2. The molecule has 19 heavy (non-hydrogen) atoms. The van der Waals surface area contributed by atoms with Crippen LogP contribution in [0, 0.1) is 5.82 Å². The molecule has 0 spiro atoms. The third-order valence-electron chi connectivity index (χ3n) is 3.70. The maximum Gasteiger partial charge on any atom is 0.230 e. The second-order valence-electron chi connectivity index (χ2n) is 5.24. The van der Waals surface area contributed by atoms with Gasteiger partial charge in [-0.05, 0) is 37.0 Å². The van der Waals surface area contributed by atoms with Gasteiger partial charge in [-0.15, -0.1) is 0 Å². The molecule has 0 amide bonds. The summed E-state index contributed by atoms with van der Waals surface area (Å²) in [5.41, 5.74) is 3.15. The van der Waals surface area contributed by atoms with Crippen LogP contribution in [0.15, 0.2) is 28.8 Å². The lowest BCUT2D eigenvalue weighted by Gasteiger charge is -2.23. The van der Waals surface area contributed by atoms with Crippen molar-refractivity contribution in [3.63, 3.8) is 0 Å². The smallest absolute Gasteiger partial charge is 0.230 e. The van der Waals surface area contributed by atoms with Crippen LogP contribution in [0.25, 0.3) is 0 Å². The minimum absolute atomic E-state index is 0.183. The van der Waals surface area contributed by atoms with E-state index in [4.69, 9.17) is 4.52 Å². The molecule has 0 fully saturated rings. The van der Waals surface area contributed by atoms with Crippen molar-refractivity contribution in [2.45, 2.75) is 25.2 Å². The third kappa shape index (κ3) is 2.11. The summed E-state index contributed by atoms with van der Waals surface area (Å²) in [6.45, 7) is 0. The van der Waals surface area contributed by atoms with Gasteiger partial charge < -0.3 is 9.42 Å². The van der Waals surface area contributed by atoms with Gasteiger partial charge in [0.25, 0.3) is 0 Å². The molecule has 0 saturated heterocycles. The molecule has 1 unspecified atom stereocenters. The number of halogens is 1. The largest absolute Gasteiger partial charge is 0.346 e. The Labute approximate surface area is 112 Å². The van der Waals surface area contributed by atoms with Gasteiger partial charge in [-0.1, -0.05) is 17.3 Å². The number of rotatable bonds is 2. The van der Waals surface area contributed by atoms with Crippen LogP contribution in [0.2, 0.25) is 0 Å². The number of anilines is 1. The zero-order chi connectivity index (χ0) is 13.4. The molecule has 0 bridgehead atoms. The first-order valence-electron chi connectivity index (χ1n) is 6.58. The van der Waals surface area contributed by atoms with Crippen molar-refractivity contribution in [2.75, 3.05) is 19.0 Å². The molecular formula is C15H17FN2O. The Bertz CT molecular complexity index is 592. The minimum atomic E-state index is -0.188. The number of nitrogens with zero attached hydrogens (tertiary/aromatic N) is 2. The molecule has 3 nitrogen and oxygen atoms in total. The summed E-state index contributed by atoms with van der Waals surface area (Å²) >= 11 is 0. The van der Waals surface area contributed by atoms with Gasteiger partial charge in [0.15, 0.2) is 0 Å². The quantitative estimate of drug-likeness (QED) is 0.829. The van der Waals surface area contributed by atoms with E-state index in [2.05, 4.69) is 5.16 Å². The predicted molar refractivity (Wildman–Crippen MR) is 72.0 cm³/mol. The maximum atomic E-state index is 13.4. The van der Waals surface area contributed by atoms with Crippen molar-refractivity contribution in [1.29, 1.82) is 0 Å². The average molecular weight is 260 g/mol. The topological polar surface area (TPSA) is 29.3 Å². The van der Waals surface area contributed by atoms with Crippen LogP contribution in [-0.4, -0.2) is 19.3 Å². The van der Waals surface area contributed by atoms with E-state index >= 15 is 0 Å². The van der Waals surface area contributed by atoms with Crippen LogP contribution in [0.4, 0.5) is 10.3 Å². The molecule has 100 valence electrons. The molecule has 1 aliphatic carbocycles. The number of hydrogen-bond acceptors (Lipinski definition) is 3. The Kier molecular flexibility index (Phi) is 3.01. The summed E-state index contributed by atoms with van der Waals surface area (Å²) in [5, 5.41) is 4.17. The van der Waals surface area contributed by atoms with E-state index < -0.39 is 0 Å². The third-order valence-corrected chi connectivity index (χ3v) is 3.70. The molecule has 1 atom stereocenters. The van der Waals surface area contributed by atoms with Crippen molar-refractivity contribution >= 4 is 5.88 Å². The highest BCUT2D eigenvalue weighted by Gasteiger charge is 2.30. The zero-order valence-electron chi connectivity index (χ0n) is 11.2. The standard InChI is InChI=1S/C15H17FN2O/c1-18(2)15-14-12(7-4-8-13(14)17-19-15)10-5-3-6-11(16)9-10/h3,5-6,9,12H,4,7-8H2,1-2H3. The minimum Gasteiger partial charge on any atom is -0.346 e. The van der Waals surface area contributed by atoms with Gasteiger partial charge in [0.2, 0.25) is 5.88 Å². The van der Waals surface area contributed by atoms with E-state index in [1.54, 1.807) is 12.1 Å². The lowest BCUT2D eigenvalue weighted by molar-refractivity contribution is 0.415. The van der Waals surface area contributed by atoms with Crippen LogP contribution in [-0.2, 0) is 6.42 Å². The van der Waals surface area contributed by atoms with Crippen molar-refractivity contribution in [2.24, 2.45) is 0 Å². The lowest BCUT2D eigenvalue weighted by atomic mass is 9.81. The zero-order valence-corrected chi connectivity index (χ0v) is 11.2. The van der Waals surface area contributed by atoms with Crippen LogP contribution in [0.1, 0.15) is 35.6 Å². The first-order chi connectivity index (χ1) is 9.16. The Morgan fingerprint density at radius 3 is 2.95 bits per heavy atom. The average Bonchev–Trinajstić information content (AvgIpc) is 2.82. The number of fused-ring (bicyclic) bond motifs is 1. The Balaban J connectivity index is 2.09. The molecule has 4 heteroatoms. The molecule has 1 aromatic carbocycles. The summed E-state index contributed by atoms with van der Waals surface area (Å²) in [7, 11) is 3.88. The van der Waals surface area contributed by atoms with E-state index in [1.807, 2.05) is 25.1 Å². The SMILES string of the molecule is CN(C)c1onc2c1C(c1cccc(F)c1)CCC2. The number of benzene rings is 1. The molecule has 1 aromatic heterocycles. The fourth-order valence-corrected chi connectivity index (χ4v) is 2.85. The Morgan fingerprint density at radius 1 is 1.37 bits per heavy atom. The fourth-order valence-electron chi connectivity index (χ4n) is 2.85. The van der Waals surface area contributed by atoms with Crippen molar-refractivity contribution in [3.8, 4) is 0 Å². The summed E-state index contributed by atoms with van der Waals surface area (Å²) < 4.78 is 18.9. The number of aryl methyl sites for hydroxylation is 1. The molecule has 3 rings (SSSR count). The summed E-state index contributed by atoms with van der Waals surface area (Å²) in [6.07, 6.45) is 3.02. The van der Waals surface area contributed by atoms with Crippen LogP contribution < -0.4 is 4.90 Å². The summed E-state index contributed by atoms with van der Waals surface area (Å²) in [5.74, 6) is 0.791. The second-order valence-corrected chi connectivity index (χ2v) is 5.24. The molecule has 1 heterocycles. The highest BCUT2D eigenvalue weighted by molar-refractivity contribution is 5.52. The highest BCUT2D eigenvalue weighted by atomic mass is 19.1. The maximum absolute atomic E-state index is 13.4. The first-order valence-corrected chi connectivity index (χ1v) is 6.58. The number of hydrogen-bond donors (Lipinski definition) is 0. The molecule has 0 radical (unpaired) electrons. The van der Waals surface area contributed by atoms with Gasteiger partial charge in [-0.25, -0.2) is 4.39 Å². The van der Waals surface area contributed by atoms with Gasteiger partial charge in [-0.2, -0.15) is 0 Å². The Morgan fingerprint density at radius 2 is 2.21 bits per heavy atom. The molecule has 2 aromatic rings. The van der Waals surface area contributed by atoms with E-state index in [9.17, 15) is 4.39 Å². The molecule has 1 aliphatic rings. The van der Waals surface area contributed by atoms with Crippen LogP contribution in [0.3, 0.4) is 0 Å². The van der Waals surface area contributed by atoms with Crippen LogP contribution >= 0.6 is 0 Å². The summed E-state index contributed by atoms with van der Waals surface area (Å²) in [4.78, 5) is 1.93. The van der Waals surface area contributed by atoms with E-state index in [0.29, 0.717) is 0 Å². The van der Waals surface area contributed by atoms with Crippen molar-refractivity contribution < 1.29 is 8.91 Å². The van der Waals surface area contributed by atoms with Gasteiger partial charge in [0.1, 0.15) is 5.82 Å². The summed E-state index contributed by atoms with van der Waals surface area (Å²) in [6, 6.07) is 6.84. The molecule has 0 N–H and O–H groups in total. The lowest BCUT2D eigenvalue weighted by Crippen LogP contribution is -2.16. The van der Waals surface area contributed by atoms with Gasteiger partial charge in [0.05, 0.1) is 5.69 Å². The fraction of sp³-hybridized carbons (Fsp3) is 0.400. The number of aromatic nitrogens is 1. The first kappa shape index (κ1) is 12.2. The van der Waals surface area contributed by atoms with Crippen molar-refractivity contribution in [1.82, 2.24) is 5.16 Å². The Hall–Kier alpha value is -1.84. The molecule has 0 aliphatic heterocycles. The molecule has 0 saturated carbocycles. The predicted octanol–water partition coefficient (Wildman–Crippen LogP) is 3.35. The monoisotopic (exact) mass is 260 g/mol. The van der Waals surface area contributed by atoms with Gasteiger partial charge in [-0.3, -0.25) is 0 Å². The van der Waals surface area contributed by atoms with E-state index in [1.165, 1.54) is 6.07 Å². The van der Waals surface area contributed by atoms with E-state index in [0.717, 1.165) is 42.0 Å².